The third kappa shape index (κ3) is 6.47. The van der Waals surface area contributed by atoms with Gasteiger partial charge in [-0.25, -0.2) is 0 Å². The van der Waals surface area contributed by atoms with E-state index >= 15 is 0 Å². The van der Waals surface area contributed by atoms with Gasteiger partial charge in [-0.1, -0.05) is 164 Å². The average Bonchev–Trinajstić information content (AvgIpc) is 3.03. The molecule has 0 saturated heterocycles. The van der Waals surface area contributed by atoms with E-state index in [9.17, 15) is 0 Å². The van der Waals surface area contributed by atoms with Crippen LogP contribution in [0.2, 0.25) is 0 Å². The molecule has 0 aromatic heterocycles. The van der Waals surface area contributed by atoms with E-state index in [2.05, 4.69) is 164 Å². The zero-order valence-corrected chi connectivity index (χ0v) is 22.8. The molecule has 0 radical (unpaired) electrons. The molecule has 0 saturated carbocycles. The lowest BCUT2D eigenvalue weighted by Gasteiger charge is -2.18. The van der Waals surface area contributed by atoms with E-state index in [-0.39, 0.29) is 0 Å². The first-order valence-corrected chi connectivity index (χ1v) is 14.2. The lowest BCUT2D eigenvalue weighted by molar-refractivity contribution is 0.805. The summed E-state index contributed by atoms with van der Waals surface area (Å²) < 4.78 is 0. The Kier molecular flexibility index (Phi) is 7.97. The Morgan fingerprint density at radius 1 is 0.300 bits per heavy atom. The minimum absolute atomic E-state index is 0.347. The molecule has 0 nitrogen and oxygen atoms in total. The summed E-state index contributed by atoms with van der Waals surface area (Å²) in [5.74, 6) is 0.347. The van der Waals surface area contributed by atoms with E-state index < -0.39 is 0 Å². The van der Waals surface area contributed by atoms with Crippen LogP contribution in [-0.2, 0) is 19.3 Å². The highest BCUT2D eigenvalue weighted by molar-refractivity contribution is 5.64. The highest BCUT2D eigenvalue weighted by Crippen LogP contribution is 2.30. The molecule has 194 valence electrons. The predicted octanol–water partition coefficient (Wildman–Crippen LogP) is 9.91. The SMILES string of the molecule is c1ccc(Cc2ccc(Cc3ccc(-c4ccc(CC(c5ccccc5)c5ccccc5)cc4)cc3)cc2)cc1. The highest BCUT2D eigenvalue weighted by Gasteiger charge is 2.14. The fourth-order valence-corrected chi connectivity index (χ4v) is 5.53. The second kappa shape index (κ2) is 12.5. The molecule has 6 aromatic rings. The van der Waals surface area contributed by atoms with Crippen LogP contribution < -0.4 is 0 Å². The highest BCUT2D eigenvalue weighted by atomic mass is 14.2. The summed E-state index contributed by atoms with van der Waals surface area (Å²) in [4.78, 5) is 0. The van der Waals surface area contributed by atoms with Gasteiger partial charge in [0.1, 0.15) is 0 Å². The summed E-state index contributed by atoms with van der Waals surface area (Å²) in [6.45, 7) is 0. The van der Waals surface area contributed by atoms with Gasteiger partial charge in [0, 0.05) is 5.92 Å². The van der Waals surface area contributed by atoms with E-state index in [1.807, 2.05) is 0 Å². The monoisotopic (exact) mass is 514 g/mol. The molecule has 0 bridgehead atoms. The molecule has 40 heavy (non-hydrogen) atoms. The summed E-state index contributed by atoms with van der Waals surface area (Å²) in [5, 5.41) is 0. The summed E-state index contributed by atoms with van der Waals surface area (Å²) in [5.41, 5.74) is 12.0. The zero-order valence-electron chi connectivity index (χ0n) is 22.8. The Hall–Kier alpha value is -4.68. The van der Waals surface area contributed by atoms with Crippen molar-refractivity contribution in [1.29, 1.82) is 0 Å². The maximum absolute atomic E-state index is 2.29. The molecule has 0 aliphatic rings. The molecule has 0 amide bonds. The van der Waals surface area contributed by atoms with Gasteiger partial charge in [-0.05, 0) is 69.3 Å². The van der Waals surface area contributed by atoms with Crippen molar-refractivity contribution in [3.05, 3.63) is 203 Å². The fraction of sp³-hybridized carbons (Fsp3) is 0.100. The first-order valence-electron chi connectivity index (χ1n) is 14.2. The third-order valence-corrected chi connectivity index (χ3v) is 7.77. The summed E-state index contributed by atoms with van der Waals surface area (Å²) in [7, 11) is 0. The number of hydrogen-bond donors (Lipinski definition) is 0. The van der Waals surface area contributed by atoms with Crippen LogP contribution in [0.25, 0.3) is 11.1 Å². The standard InChI is InChI=1S/C40H34/c1-4-10-31(11-5-1)28-32-16-18-33(19-17-32)29-34-20-24-36(25-21-34)37-26-22-35(23-27-37)30-40(38-12-6-2-7-13-38)39-14-8-3-9-15-39/h1-27,40H,28-30H2. The smallest absolute Gasteiger partial charge is 0.0130 e. The van der Waals surface area contributed by atoms with Crippen molar-refractivity contribution in [2.45, 2.75) is 25.2 Å². The van der Waals surface area contributed by atoms with Gasteiger partial charge < -0.3 is 0 Å². The van der Waals surface area contributed by atoms with Crippen LogP contribution in [0.5, 0.6) is 0 Å². The van der Waals surface area contributed by atoms with Crippen LogP contribution in [0, 0.1) is 0 Å². The maximum Gasteiger partial charge on any atom is 0.0130 e. The molecule has 6 aromatic carbocycles. The first kappa shape index (κ1) is 25.6. The average molecular weight is 515 g/mol. The molecule has 0 unspecified atom stereocenters. The van der Waals surface area contributed by atoms with Crippen molar-refractivity contribution in [2.75, 3.05) is 0 Å². The fourth-order valence-electron chi connectivity index (χ4n) is 5.53. The van der Waals surface area contributed by atoms with Crippen LogP contribution in [-0.4, -0.2) is 0 Å². The quantitative estimate of drug-likeness (QED) is 0.180. The Morgan fingerprint density at radius 3 is 1.05 bits per heavy atom. The second-order valence-corrected chi connectivity index (χ2v) is 10.6. The normalized spacial score (nSPS) is 11.0. The van der Waals surface area contributed by atoms with Gasteiger partial charge in [-0.15, -0.1) is 0 Å². The van der Waals surface area contributed by atoms with Crippen LogP contribution >= 0.6 is 0 Å². The Morgan fingerprint density at radius 2 is 0.625 bits per heavy atom. The van der Waals surface area contributed by atoms with Crippen molar-refractivity contribution in [3.8, 4) is 11.1 Å². The van der Waals surface area contributed by atoms with Crippen LogP contribution in [0.3, 0.4) is 0 Å². The zero-order chi connectivity index (χ0) is 27.0. The minimum atomic E-state index is 0.347. The van der Waals surface area contributed by atoms with E-state index in [0.717, 1.165) is 19.3 Å². The van der Waals surface area contributed by atoms with Crippen LogP contribution in [0.4, 0.5) is 0 Å². The molecular formula is C40H34. The molecular weight excluding hydrogens is 480 g/mol. The molecule has 0 aliphatic carbocycles. The molecule has 6 rings (SSSR count). The molecule has 0 heteroatoms. The number of hydrogen-bond acceptors (Lipinski definition) is 0. The number of rotatable bonds is 9. The topological polar surface area (TPSA) is 0 Å². The maximum atomic E-state index is 2.29. The van der Waals surface area contributed by atoms with Crippen molar-refractivity contribution in [3.63, 3.8) is 0 Å². The van der Waals surface area contributed by atoms with Crippen LogP contribution in [0.15, 0.2) is 164 Å². The molecule has 0 aliphatic heterocycles. The molecule has 0 fully saturated rings. The van der Waals surface area contributed by atoms with E-state index in [4.69, 9.17) is 0 Å². The van der Waals surface area contributed by atoms with Crippen molar-refractivity contribution in [2.24, 2.45) is 0 Å². The first-order chi connectivity index (χ1) is 19.8. The van der Waals surface area contributed by atoms with Crippen molar-refractivity contribution >= 4 is 0 Å². The van der Waals surface area contributed by atoms with Crippen LogP contribution in [0.1, 0.15) is 44.9 Å². The van der Waals surface area contributed by atoms with Crippen molar-refractivity contribution in [1.82, 2.24) is 0 Å². The lowest BCUT2D eigenvalue weighted by Crippen LogP contribution is -2.05. The largest absolute Gasteiger partial charge is 0.0622 e. The van der Waals surface area contributed by atoms with Gasteiger partial charge in [-0.2, -0.15) is 0 Å². The Balaban J connectivity index is 1.11. The minimum Gasteiger partial charge on any atom is -0.0622 e. The second-order valence-electron chi connectivity index (χ2n) is 10.6. The van der Waals surface area contributed by atoms with Crippen molar-refractivity contribution < 1.29 is 0 Å². The van der Waals surface area contributed by atoms with E-state index in [0.29, 0.717) is 5.92 Å². The summed E-state index contributed by atoms with van der Waals surface area (Å²) in [6.07, 6.45) is 2.91. The van der Waals surface area contributed by atoms with Gasteiger partial charge in [0.05, 0.1) is 0 Å². The van der Waals surface area contributed by atoms with Gasteiger partial charge in [0.25, 0.3) is 0 Å². The molecule has 0 spiro atoms. The molecule has 0 heterocycles. The predicted molar refractivity (Wildman–Crippen MR) is 169 cm³/mol. The lowest BCUT2D eigenvalue weighted by atomic mass is 9.86. The van der Waals surface area contributed by atoms with Gasteiger partial charge in [-0.3, -0.25) is 0 Å². The van der Waals surface area contributed by atoms with Gasteiger partial charge in [0.2, 0.25) is 0 Å². The molecule has 0 atom stereocenters. The summed E-state index contributed by atoms with van der Waals surface area (Å²) >= 11 is 0. The summed E-state index contributed by atoms with van der Waals surface area (Å²) in [6, 6.07) is 59.6. The third-order valence-electron chi connectivity index (χ3n) is 7.77. The Labute approximate surface area is 238 Å². The van der Waals surface area contributed by atoms with Gasteiger partial charge in [0.15, 0.2) is 0 Å². The van der Waals surface area contributed by atoms with E-state index in [1.165, 1.54) is 50.1 Å². The molecule has 0 N–H and O–H groups in total. The Bertz CT molecular complexity index is 1560. The van der Waals surface area contributed by atoms with E-state index in [1.54, 1.807) is 0 Å². The number of benzene rings is 6. The van der Waals surface area contributed by atoms with Gasteiger partial charge >= 0.3 is 0 Å².